The summed E-state index contributed by atoms with van der Waals surface area (Å²) in [4.78, 5) is 15.3. The van der Waals surface area contributed by atoms with Crippen molar-refractivity contribution in [3.63, 3.8) is 0 Å². The zero-order chi connectivity index (χ0) is 14.4. The van der Waals surface area contributed by atoms with Gasteiger partial charge in [-0.1, -0.05) is 19.3 Å². The fourth-order valence-corrected chi connectivity index (χ4v) is 7.01. The van der Waals surface area contributed by atoms with E-state index in [9.17, 15) is 4.79 Å². The lowest BCUT2D eigenvalue weighted by Gasteiger charge is -2.46. The van der Waals surface area contributed by atoms with Crippen LogP contribution in [0.2, 0.25) is 0 Å². The second-order valence-electron chi connectivity index (χ2n) is 7.79. The molecule has 0 radical (unpaired) electrons. The molecule has 126 valence electrons. The molecule has 4 rings (SSSR count). The van der Waals surface area contributed by atoms with Crippen LogP contribution < -0.4 is 5.73 Å². The highest BCUT2D eigenvalue weighted by atomic mass is 35.5. The molecule has 3 nitrogen and oxygen atoms in total. The number of rotatable bonds is 1. The van der Waals surface area contributed by atoms with Crippen molar-refractivity contribution >= 4 is 30.1 Å². The summed E-state index contributed by atoms with van der Waals surface area (Å²) in [5, 5.41) is 0. The number of thioether (sulfide) groups is 1. The molecular weight excluding hydrogens is 316 g/mol. The van der Waals surface area contributed by atoms with E-state index in [0.29, 0.717) is 22.5 Å². The van der Waals surface area contributed by atoms with E-state index in [1.165, 1.54) is 51.4 Å². The van der Waals surface area contributed by atoms with Gasteiger partial charge in [-0.25, -0.2) is 0 Å². The van der Waals surface area contributed by atoms with E-state index in [0.717, 1.165) is 18.8 Å². The maximum absolute atomic E-state index is 13.1. The number of hydrogen-bond acceptors (Lipinski definition) is 3. The van der Waals surface area contributed by atoms with Crippen LogP contribution in [0.25, 0.3) is 0 Å². The first-order chi connectivity index (χ1) is 10.2. The molecule has 1 saturated heterocycles. The van der Waals surface area contributed by atoms with Crippen LogP contribution in [-0.4, -0.2) is 40.4 Å². The fourth-order valence-electron chi connectivity index (χ4n) is 5.44. The quantitative estimate of drug-likeness (QED) is 0.795. The van der Waals surface area contributed by atoms with Crippen molar-refractivity contribution in [3.8, 4) is 0 Å². The van der Waals surface area contributed by atoms with E-state index in [2.05, 4.69) is 16.7 Å². The zero-order valence-electron chi connectivity index (χ0n) is 13.3. The van der Waals surface area contributed by atoms with E-state index < -0.39 is 0 Å². The Morgan fingerprint density at radius 2 is 1.86 bits per heavy atom. The molecule has 4 atom stereocenters. The largest absolute Gasteiger partial charge is 0.340 e. The highest BCUT2D eigenvalue weighted by Gasteiger charge is 2.51. The van der Waals surface area contributed by atoms with Gasteiger partial charge in [-0.05, 0) is 43.9 Å². The molecule has 1 amide bonds. The lowest BCUT2D eigenvalue weighted by molar-refractivity contribution is -0.138. The van der Waals surface area contributed by atoms with E-state index in [4.69, 9.17) is 5.73 Å². The maximum atomic E-state index is 13.1. The van der Waals surface area contributed by atoms with Crippen LogP contribution in [0.1, 0.15) is 51.4 Å². The Kier molecular flexibility index (Phi) is 5.01. The van der Waals surface area contributed by atoms with Crippen LogP contribution in [-0.2, 0) is 4.79 Å². The van der Waals surface area contributed by atoms with Crippen LogP contribution in [0.4, 0.5) is 0 Å². The molecule has 0 aromatic rings. The molecule has 1 spiro atoms. The highest BCUT2D eigenvalue weighted by Crippen LogP contribution is 2.49. The standard InChI is InChI=1S/C17H28N2OS.ClH/c18-15-13-5-4-12(10-13)14(15)16(20)19-8-9-21-17(11-19)6-2-1-3-7-17;/h12-15H,1-11,18H2;1H. The summed E-state index contributed by atoms with van der Waals surface area (Å²) < 4.78 is 0.383. The smallest absolute Gasteiger partial charge is 0.227 e. The van der Waals surface area contributed by atoms with Gasteiger partial charge in [0.25, 0.3) is 0 Å². The predicted molar refractivity (Wildman–Crippen MR) is 94.4 cm³/mol. The number of nitrogens with two attached hydrogens (primary N) is 1. The summed E-state index contributed by atoms with van der Waals surface area (Å²) in [5.74, 6) is 2.90. The molecule has 4 unspecified atom stereocenters. The Morgan fingerprint density at radius 3 is 2.55 bits per heavy atom. The second kappa shape index (κ2) is 6.52. The minimum Gasteiger partial charge on any atom is -0.340 e. The van der Waals surface area contributed by atoms with Gasteiger partial charge in [0.2, 0.25) is 5.91 Å². The van der Waals surface area contributed by atoms with Gasteiger partial charge in [0.05, 0.1) is 5.92 Å². The molecule has 4 fully saturated rings. The van der Waals surface area contributed by atoms with Crippen LogP contribution >= 0.6 is 24.2 Å². The normalized spacial score (nSPS) is 39.8. The fraction of sp³-hybridized carbons (Fsp3) is 0.941. The average Bonchev–Trinajstić information content (AvgIpc) is 3.08. The molecule has 5 heteroatoms. The minimum atomic E-state index is 0. The van der Waals surface area contributed by atoms with Crippen LogP contribution in [0.15, 0.2) is 0 Å². The van der Waals surface area contributed by atoms with Gasteiger partial charge in [0.15, 0.2) is 0 Å². The van der Waals surface area contributed by atoms with Gasteiger partial charge in [0, 0.05) is 29.6 Å². The van der Waals surface area contributed by atoms with Gasteiger partial charge in [-0.2, -0.15) is 11.8 Å². The van der Waals surface area contributed by atoms with Gasteiger partial charge < -0.3 is 10.6 Å². The van der Waals surface area contributed by atoms with Gasteiger partial charge in [-0.15, -0.1) is 12.4 Å². The summed E-state index contributed by atoms with van der Waals surface area (Å²) >= 11 is 2.14. The summed E-state index contributed by atoms with van der Waals surface area (Å²) in [7, 11) is 0. The van der Waals surface area contributed by atoms with Crippen molar-refractivity contribution in [2.45, 2.75) is 62.2 Å². The second-order valence-corrected chi connectivity index (χ2v) is 9.35. The van der Waals surface area contributed by atoms with E-state index in [1.807, 2.05) is 0 Å². The monoisotopic (exact) mass is 344 g/mol. The van der Waals surface area contributed by atoms with Crippen LogP contribution in [0.3, 0.4) is 0 Å². The SMILES string of the molecule is Cl.NC1C2CCC(C2)C1C(=O)N1CCSC2(CCCCC2)C1. The third-order valence-electron chi connectivity index (χ3n) is 6.59. The first-order valence-corrected chi connectivity index (χ1v) is 9.85. The predicted octanol–water partition coefficient (Wildman–Crippen LogP) is 3.06. The van der Waals surface area contributed by atoms with E-state index >= 15 is 0 Å². The number of fused-ring (bicyclic) bond motifs is 2. The molecule has 0 aromatic heterocycles. The lowest BCUT2D eigenvalue weighted by atomic mass is 9.83. The van der Waals surface area contributed by atoms with Crippen LogP contribution in [0.5, 0.6) is 0 Å². The van der Waals surface area contributed by atoms with Crippen molar-refractivity contribution < 1.29 is 4.79 Å². The lowest BCUT2D eigenvalue weighted by Crippen LogP contribution is -2.54. The maximum Gasteiger partial charge on any atom is 0.227 e. The third kappa shape index (κ3) is 2.80. The van der Waals surface area contributed by atoms with Crippen molar-refractivity contribution in [1.82, 2.24) is 4.90 Å². The molecule has 1 aliphatic heterocycles. The first kappa shape index (κ1) is 16.9. The molecule has 2 N–H and O–H groups in total. The number of carbonyl (C=O) groups is 1. The van der Waals surface area contributed by atoms with Crippen molar-refractivity contribution in [2.24, 2.45) is 23.5 Å². The summed E-state index contributed by atoms with van der Waals surface area (Å²) in [5.41, 5.74) is 6.39. The molecular formula is C17H29ClN2OS. The summed E-state index contributed by atoms with van der Waals surface area (Å²) in [6.07, 6.45) is 10.4. The molecule has 1 heterocycles. The Labute approximate surface area is 144 Å². The van der Waals surface area contributed by atoms with Gasteiger partial charge in [0.1, 0.15) is 0 Å². The molecule has 4 aliphatic rings. The molecule has 0 aromatic carbocycles. The highest BCUT2D eigenvalue weighted by molar-refractivity contribution is 8.00. The topological polar surface area (TPSA) is 46.3 Å². The number of carbonyl (C=O) groups excluding carboxylic acids is 1. The summed E-state index contributed by atoms with van der Waals surface area (Å²) in [6.45, 7) is 1.95. The van der Waals surface area contributed by atoms with Gasteiger partial charge >= 0.3 is 0 Å². The Morgan fingerprint density at radius 1 is 1.14 bits per heavy atom. The van der Waals surface area contributed by atoms with Crippen molar-refractivity contribution in [3.05, 3.63) is 0 Å². The Hall–Kier alpha value is 0.0700. The molecule has 3 aliphatic carbocycles. The number of amides is 1. The van der Waals surface area contributed by atoms with E-state index in [-0.39, 0.29) is 24.4 Å². The van der Waals surface area contributed by atoms with Crippen molar-refractivity contribution in [2.75, 3.05) is 18.8 Å². The Bertz CT molecular complexity index is 419. The minimum absolute atomic E-state index is 0. The van der Waals surface area contributed by atoms with E-state index in [1.54, 1.807) is 0 Å². The molecule has 22 heavy (non-hydrogen) atoms. The number of halogens is 1. The van der Waals surface area contributed by atoms with Crippen molar-refractivity contribution in [1.29, 1.82) is 0 Å². The van der Waals surface area contributed by atoms with Gasteiger partial charge in [-0.3, -0.25) is 4.79 Å². The first-order valence-electron chi connectivity index (χ1n) is 8.87. The summed E-state index contributed by atoms with van der Waals surface area (Å²) in [6, 6.07) is 0.146. The molecule has 2 bridgehead atoms. The number of hydrogen-bond donors (Lipinski definition) is 1. The average molecular weight is 345 g/mol. The third-order valence-corrected chi connectivity index (χ3v) is 8.13. The number of nitrogens with zero attached hydrogens (tertiary/aromatic N) is 1. The van der Waals surface area contributed by atoms with Crippen LogP contribution in [0, 0.1) is 17.8 Å². The Balaban J connectivity index is 0.00000144. The zero-order valence-corrected chi connectivity index (χ0v) is 15.0. The molecule has 3 saturated carbocycles.